The highest BCUT2D eigenvalue weighted by atomic mass is 35.5. The highest BCUT2D eigenvalue weighted by Gasteiger charge is 2.07. The summed E-state index contributed by atoms with van der Waals surface area (Å²) in [7, 11) is 0. The van der Waals surface area contributed by atoms with Crippen molar-refractivity contribution in [3.63, 3.8) is 0 Å². The van der Waals surface area contributed by atoms with E-state index in [0.717, 1.165) is 5.69 Å². The van der Waals surface area contributed by atoms with Gasteiger partial charge in [-0.2, -0.15) is 0 Å². The quantitative estimate of drug-likeness (QED) is 0.675. The summed E-state index contributed by atoms with van der Waals surface area (Å²) >= 11 is 5.98. The predicted molar refractivity (Wildman–Crippen MR) is 54.9 cm³/mol. The third kappa shape index (κ3) is 1.40. The number of carbonyl (C=O) groups excluding carboxylic acids is 1. The van der Waals surface area contributed by atoms with Crippen molar-refractivity contribution in [3.05, 3.63) is 34.7 Å². The Morgan fingerprint density at radius 3 is 2.86 bits per heavy atom. The largest absolute Gasteiger partial charge is 0.305 e. The van der Waals surface area contributed by atoms with Crippen LogP contribution in [-0.4, -0.2) is 15.2 Å². The second-order valence-electron chi connectivity index (χ2n) is 3.25. The Morgan fingerprint density at radius 1 is 1.50 bits per heavy atom. The Bertz CT molecular complexity index is 516. The van der Waals surface area contributed by atoms with Crippen molar-refractivity contribution >= 4 is 23.0 Å². The molecular formula is C10H9ClN2O. The molecule has 0 saturated heterocycles. The molecular weight excluding hydrogens is 200 g/mol. The van der Waals surface area contributed by atoms with Crippen molar-refractivity contribution in [3.8, 4) is 0 Å². The number of Topliss-reactive ketones (excluding diaryl/α,β-unsaturated/α-hetero) is 1. The summed E-state index contributed by atoms with van der Waals surface area (Å²) in [6.07, 6.45) is 3.58. The van der Waals surface area contributed by atoms with Gasteiger partial charge in [0, 0.05) is 18.0 Å². The molecule has 0 N–H and O–H groups in total. The van der Waals surface area contributed by atoms with Gasteiger partial charge < -0.3 is 4.40 Å². The fraction of sp³-hybridized carbons (Fsp3) is 0.200. The summed E-state index contributed by atoms with van der Waals surface area (Å²) in [5, 5.41) is 0.505. The monoisotopic (exact) mass is 208 g/mol. The summed E-state index contributed by atoms with van der Waals surface area (Å²) in [5.41, 5.74) is 2.17. The van der Waals surface area contributed by atoms with Gasteiger partial charge in [-0.1, -0.05) is 11.6 Å². The fourth-order valence-corrected chi connectivity index (χ4v) is 1.63. The van der Waals surface area contributed by atoms with Crippen LogP contribution in [-0.2, 0) is 0 Å². The van der Waals surface area contributed by atoms with Crippen LogP contribution in [0, 0.1) is 6.92 Å². The molecule has 0 aliphatic rings. The maximum absolute atomic E-state index is 11.2. The molecule has 0 atom stereocenters. The Labute approximate surface area is 86.3 Å². The van der Waals surface area contributed by atoms with Crippen LogP contribution in [0.1, 0.15) is 23.0 Å². The van der Waals surface area contributed by atoms with Gasteiger partial charge in [-0.05, 0) is 19.9 Å². The lowest BCUT2D eigenvalue weighted by atomic mass is 10.2. The van der Waals surface area contributed by atoms with Crippen LogP contribution < -0.4 is 0 Å². The van der Waals surface area contributed by atoms with Gasteiger partial charge in [-0.15, -0.1) is 0 Å². The third-order valence-corrected chi connectivity index (χ3v) is 2.31. The molecule has 72 valence electrons. The standard InChI is InChI=1S/C10H9ClN2O/c1-6-4-13-5-8(7(2)14)3-9(11)10(13)12-6/h3-5H,1-2H3. The lowest BCUT2D eigenvalue weighted by Gasteiger charge is -1.99. The number of nitrogens with zero attached hydrogens (tertiary/aromatic N) is 2. The fourth-order valence-electron chi connectivity index (χ4n) is 1.37. The van der Waals surface area contributed by atoms with Crippen LogP contribution in [0.3, 0.4) is 0 Å². The van der Waals surface area contributed by atoms with Crippen LogP contribution in [0.4, 0.5) is 0 Å². The van der Waals surface area contributed by atoms with E-state index in [0.29, 0.717) is 16.2 Å². The van der Waals surface area contributed by atoms with Crippen molar-refractivity contribution in [2.75, 3.05) is 0 Å². The number of aryl methyl sites for hydroxylation is 1. The van der Waals surface area contributed by atoms with Crippen molar-refractivity contribution in [1.82, 2.24) is 9.38 Å². The van der Waals surface area contributed by atoms with E-state index in [2.05, 4.69) is 4.98 Å². The van der Waals surface area contributed by atoms with Gasteiger partial charge in [0.15, 0.2) is 11.4 Å². The topological polar surface area (TPSA) is 34.4 Å². The number of halogens is 1. The van der Waals surface area contributed by atoms with Gasteiger partial charge in [-0.3, -0.25) is 4.79 Å². The number of aromatic nitrogens is 2. The number of hydrogen-bond donors (Lipinski definition) is 0. The van der Waals surface area contributed by atoms with Crippen molar-refractivity contribution in [2.45, 2.75) is 13.8 Å². The minimum absolute atomic E-state index is 0.000142. The summed E-state index contributed by atoms with van der Waals surface area (Å²) in [5.74, 6) is 0.000142. The summed E-state index contributed by atoms with van der Waals surface area (Å²) in [6, 6.07) is 1.64. The first-order chi connectivity index (χ1) is 6.58. The molecule has 2 aromatic rings. The highest BCUT2D eigenvalue weighted by Crippen LogP contribution is 2.19. The number of fused-ring (bicyclic) bond motifs is 1. The molecule has 0 aliphatic heterocycles. The van der Waals surface area contributed by atoms with Crippen LogP contribution in [0.15, 0.2) is 18.5 Å². The lowest BCUT2D eigenvalue weighted by molar-refractivity contribution is 0.101. The zero-order valence-electron chi connectivity index (χ0n) is 7.91. The number of rotatable bonds is 1. The Balaban J connectivity index is 2.77. The first-order valence-electron chi connectivity index (χ1n) is 4.24. The molecule has 0 amide bonds. The van der Waals surface area contributed by atoms with Gasteiger partial charge in [0.1, 0.15) is 0 Å². The zero-order chi connectivity index (χ0) is 10.3. The van der Waals surface area contributed by atoms with Crippen LogP contribution in [0.25, 0.3) is 5.65 Å². The molecule has 0 saturated carbocycles. The maximum Gasteiger partial charge on any atom is 0.161 e. The Morgan fingerprint density at radius 2 is 2.21 bits per heavy atom. The van der Waals surface area contributed by atoms with Crippen LogP contribution >= 0.6 is 11.6 Å². The van der Waals surface area contributed by atoms with Crippen LogP contribution in [0.2, 0.25) is 5.02 Å². The molecule has 4 heteroatoms. The molecule has 0 fully saturated rings. The van der Waals surface area contributed by atoms with Gasteiger partial charge in [-0.25, -0.2) is 4.98 Å². The first-order valence-corrected chi connectivity index (χ1v) is 4.61. The first kappa shape index (κ1) is 9.21. The van der Waals surface area contributed by atoms with E-state index in [-0.39, 0.29) is 5.78 Å². The maximum atomic E-state index is 11.2. The average molecular weight is 209 g/mol. The summed E-state index contributed by atoms with van der Waals surface area (Å²) in [6.45, 7) is 3.40. The van der Waals surface area contributed by atoms with Gasteiger partial charge >= 0.3 is 0 Å². The predicted octanol–water partition coefficient (Wildman–Crippen LogP) is 2.50. The van der Waals surface area contributed by atoms with E-state index in [9.17, 15) is 4.79 Å². The second-order valence-corrected chi connectivity index (χ2v) is 3.65. The molecule has 0 spiro atoms. The lowest BCUT2D eigenvalue weighted by Crippen LogP contribution is -1.95. The van der Waals surface area contributed by atoms with E-state index in [1.807, 2.05) is 13.1 Å². The Hall–Kier alpha value is -1.35. The van der Waals surface area contributed by atoms with Crippen molar-refractivity contribution < 1.29 is 4.79 Å². The summed E-state index contributed by atoms with van der Waals surface area (Å²) < 4.78 is 1.77. The second kappa shape index (κ2) is 3.10. The molecule has 2 rings (SSSR count). The third-order valence-electron chi connectivity index (χ3n) is 2.03. The van der Waals surface area contributed by atoms with E-state index >= 15 is 0 Å². The molecule has 14 heavy (non-hydrogen) atoms. The SMILES string of the molecule is CC(=O)c1cc(Cl)c2nc(C)cn2c1. The molecule has 2 heterocycles. The molecule has 0 bridgehead atoms. The van der Waals surface area contributed by atoms with Crippen LogP contribution in [0.5, 0.6) is 0 Å². The molecule has 0 radical (unpaired) electrons. The van der Waals surface area contributed by atoms with Crippen molar-refractivity contribution in [2.24, 2.45) is 0 Å². The molecule has 3 nitrogen and oxygen atoms in total. The average Bonchev–Trinajstić information content (AvgIpc) is 2.45. The minimum Gasteiger partial charge on any atom is -0.305 e. The number of imidazole rings is 1. The van der Waals surface area contributed by atoms with E-state index < -0.39 is 0 Å². The van der Waals surface area contributed by atoms with Gasteiger partial charge in [0.05, 0.1) is 10.7 Å². The van der Waals surface area contributed by atoms with E-state index in [1.165, 1.54) is 6.92 Å². The smallest absolute Gasteiger partial charge is 0.161 e. The van der Waals surface area contributed by atoms with E-state index in [4.69, 9.17) is 11.6 Å². The van der Waals surface area contributed by atoms with Gasteiger partial charge in [0.2, 0.25) is 0 Å². The number of pyridine rings is 1. The Kier molecular flexibility index (Phi) is 2.04. The minimum atomic E-state index is 0.000142. The van der Waals surface area contributed by atoms with E-state index in [1.54, 1.807) is 16.7 Å². The van der Waals surface area contributed by atoms with Crippen molar-refractivity contribution in [1.29, 1.82) is 0 Å². The zero-order valence-corrected chi connectivity index (χ0v) is 8.67. The highest BCUT2D eigenvalue weighted by molar-refractivity contribution is 6.33. The molecule has 0 unspecified atom stereocenters. The van der Waals surface area contributed by atoms with Gasteiger partial charge in [0.25, 0.3) is 0 Å². The molecule has 2 aromatic heterocycles. The normalized spacial score (nSPS) is 10.8. The molecule has 0 aliphatic carbocycles. The number of ketones is 1. The molecule has 0 aromatic carbocycles. The number of hydrogen-bond acceptors (Lipinski definition) is 2. The number of carbonyl (C=O) groups is 1. The summed E-state index contributed by atoms with van der Waals surface area (Å²) in [4.78, 5) is 15.4.